The van der Waals surface area contributed by atoms with Gasteiger partial charge in [0.2, 0.25) is 0 Å². The Hall–Kier alpha value is -3.64. The first kappa shape index (κ1) is 20.6. The molecule has 31 heavy (non-hydrogen) atoms. The van der Waals surface area contributed by atoms with Gasteiger partial charge in [-0.2, -0.15) is 5.26 Å². The zero-order chi connectivity index (χ0) is 22.0. The second kappa shape index (κ2) is 8.62. The molecule has 9 heteroatoms. The second-order valence-corrected chi connectivity index (χ2v) is 8.36. The zero-order valence-electron chi connectivity index (χ0n) is 16.6. The van der Waals surface area contributed by atoms with E-state index in [1.165, 1.54) is 29.8 Å². The highest BCUT2D eigenvalue weighted by Crippen LogP contribution is 2.37. The van der Waals surface area contributed by atoms with Gasteiger partial charge in [-0.15, -0.1) is 11.3 Å². The summed E-state index contributed by atoms with van der Waals surface area (Å²) in [6, 6.07) is 9.71. The topological polar surface area (TPSA) is 108 Å². The molecule has 1 aliphatic carbocycles. The van der Waals surface area contributed by atoms with Crippen molar-refractivity contribution in [1.29, 1.82) is 5.26 Å². The van der Waals surface area contributed by atoms with Crippen molar-refractivity contribution in [2.45, 2.75) is 32.4 Å². The number of benzene rings is 1. The smallest absolute Gasteiger partial charge is 0.270 e. The van der Waals surface area contributed by atoms with E-state index in [1.54, 1.807) is 19.1 Å². The maximum Gasteiger partial charge on any atom is 0.270 e. The number of nitriles is 1. The summed E-state index contributed by atoms with van der Waals surface area (Å²) in [6.45, 7) is 1.86. The molecule has 3 aromatic rings. The fourth-order valence-electron chi connectivity index (χ4n) is 3.50. The quantitative estimate of drug-likeness (QED) is 0.640. The number of amides is 2. The van der Waals surface area contributed by atoms with E-state index in [0.29, 0.717) is 10.4 Å². The van der Waals surface area contributed by atoms with Gasteiger partial charge in [0.25, 0.3) is 11.8 Å². The lowest BCUT2D eigenvalue weighted by molar-refractivity contribution is 0.0931. The Morgan fingerprint density at radius 2 is 2.00 bits per heavy atom. The molecule has 7 nitrogen and oxygen atoms in total. The number of carbonyl (C=O) groups is 2. The van der Waals surface area contributed by atoms with Crippen LogP contribution in [-0.2, 0) is 13.0 Å². The number of nitrogens with one attached hydrogen (secondary N) is 2. The van der Waals surface area contributed by atoms with Crippen LogP contribution in [0, 0.1) is 24.1 Å². The first-order valence-corrected chi connectivity index (χ1v) is 10.4. The number of hydrogen-bond donors (Lipinski definition) is 2. The third-order valence-electron chi connectivity index (χ3n) is 5.10. The van der Waals surface area contributed by atoms with E-state index in [4.69, 9.17) is 5.26 Å². The lowest BCUT2D eigenvalue weighted by Crippen LogP contribution is -2.29. The van der Waals surface area contributed by atoms with Gasteiger partial charge in [0.1, 0.15) is 34.5 Å². The summed E-state index contributed by atoms with van der Waals surface area (Å²) in [5, 5.41) is 14.7. The maximum atomic E-state index is 13.4. The Bertz CT molecular complexity index is 1220. The Morgan fingerprint density at radius 1 is 1.23 bits per heavy atom. The van der Waals surface area contributed by atoms with Crippen LogP contribution in [0.3, 0.4) is 0 Å². The van der Waals surface area contributed by atoms with Crippen LogP contribution >= 0.6 is 11.3 Å². The molecule has 0 bridgehead atoms. The largest absolute Gasteiger partial charge is 0.347 e. The molecule has 0 unspecified atom stereocenters. The van der Waals surface area contributed by atoms with E-state index in [2.05, 4.69) is 26.7 Å². The van der Waals surface area contributed by atoms with Crippen molar-refractivity contribution in [3.8, 4) is 6.07 Å². The summed E-state index contributed by atoms with van der Waals surface area (Å²) in [4.78, 5) is 34.8. The molecular weight excluding hydrogens is 417 g/mol. The fraction of sp³-hybridized carbons (Fsp3) is 0.227. The number of thiophene rings is 1. The predicted octanol–water partition coefficient (Wildman–Crippen LogP) is 3.20. The molecule has 0 saturated carbocycles. The van der Waals surface area contributed by atoms with Gasteiger partial charge < -0.3 is 10.6 Å². The molecular formula is C22H18FN5O2S. The molecule has 1 aliphatic rings. The summed E-state index contributed by atoms with van der Waals surface area (Å²) >= 11 is 1.45. The van der Waals surface area contributed by atoms with Crippen LogP contribution in [0.5, 0.6) is 0 Å². The van der Waals surface area contributed by atoms with Crippen LogP contribution < -0.4 is 10.6 Å². The molecule has 0 saturated heterocycles. The van der Waals surface area contributed by atoms with Gasteiger partial charge in [0.05, 0.1) is 6.04 Å². The number of aryl methyl sites for hydroxylation is 2. The SMILES string of the molecule is Cc1cc(CNC(=O)c2cc(C(=O)N[C@@H]3CCc4sc(C#N)cc43)ncn2)ccc1F. The molecule has 0 aliphatic heterocycles. The van der Waals surface area contributed by atoms with Gasteiger partial charge in [0, 0.05) is 17.5 Å². The van der Waals surface area contributed by atoms with Crippen LogP contribution in [0.2, 0.25) is 0 Å². The Balaban J connectivity index is 1.41. The molecule has 2 N–H and O–H groups in total. The van der Waals surface area contributed by atoms with Gasteiger partial charge in [-0.05, 0) is 48.6 Å². The average Bonchev–Trinajstić information content (AvgIpc) is 3.35. The van der Waals surface area contributed by atoms with Crippen molar-refractivity contribution in [3.05, 3.63) is 80.3 Å². The van der Waals surface area contributed by atoms with Gasteiger partial charge in [-0.25, -0.2) is 14.4 Å². The van der Waals surface area contributed by atoms with Gasteiger partial charge in [0.15, 0.2) is 0 Å². The lowest BCUT2D eigenvalue weighted by Gasteiger charge is -2.13. The highest BCUT2D eigenvalue weighted by Gasteiger charge is 2.27. The normalized spacial score (nSPS) is 14.5. The monoisotopic (exact) mass is 435 g/mol. The van der Waals surface area contributed by atoms with E-state index < -0.39 is 11.8 Å². The molecule has 2 aromatic heterocycles. The highest BCUT2D eigenvalue weighted by atomic mass is 32.1. The van der Waals surface area contributed by atoms with Crippen molar-refractivity contribution in [2.24, 2.45) is 0 Å². The summed E-state index contributed by atoms with van der Waals surface area (Å²) < 4.78 is 13.4. The first-order valence-electron chi connectivity index (χ1n) is 9.63. The van der Waals surface area contributed by atoms with Crippen LogP contribution in [0.4, 0.5) is 4.39 Å². The maximum absolute atomic E-state index is 13.4. The number of aromatic nitrogens is 2. The lowest BCUT2D eigenvalue weighted by atomic mass is 10.1. The fourth-order valence-corrected chi connectivity index (χ4v) is 4.53. The van der Waals surface area contributed by atoms with E-state index in [9.17, 15) is 14.0 Å². The molecule has 0 spiro atoms. The first-order chi connectivity index (χ1) is 14.9. The van der Waals surface area contributed by atoms with E-state index in [1.807, 2.05) is 6.07 Å². The number of fused-ring (bicyclic) bond motifs is 1. The average molecular weight is 435 g/mol. The molecule has 156 valence electrons. The summed E-state index contributed by atoms with van der Waals surface area (Å²) in [6.07, 6.45) is 2.74. The Kier molecular flexibility index (Phi) is 5.73. The number of halogens is 1. The van der Waals surface area contributed by atoms with E-state index >= 15 is 0 Å². The van der Waals surface area contributed by atoms with Crippen LogP contribution in [-0.4, -0.2) is 21.8 Å². The zero-order valence-corrected chi connectivity index (χ0v) is 17.4. The van der Waals surface area contributed by atoms with Crippen LogP contribution in [0.1, 0.15) is 59.9 Å². The molecule has 4 rings (SSSR count). The third kappa shape index (κ3) is 4.44. The van der Waals surface area contributed by atoms with E-state index in [0.717, 1.165) is 28.8 Å². The molecule has 1 atom stereocenters. The molecule has 0 fully saturated rings. The summed E-state index contributed by atoms with van der Waals surface area (Å²) in [5.41, 5.74) is 2.37. The minimum atomic E-state index is -0.460. The van der Waals surface area contributed by atoms with Crippen LogP contribution in [0.25, 0.3) is 0 Å². The van der Waals surface area contributed by atoms with Crippen molar-refractivity contribution < 1.29 is 14.0 Å². The van der Waals surface area contributed by atoms with Crippen molar-refractivity contribution in [3.63, 3.8) is 0 Å². The number of rotatable bonds is 5. The minimum Gasteiger partial charge on any atom is -0.347 e. The molecule has 0 radical (unpaired) electrons. The number of nitrogens with zero attached hydrogens (tertiary/aromatic N) is 3. The Labute approximate surface area is 182 Å². The minimum absolute atomic E-state index is 0.0633. The molecule has 1 aromatic carbocycles. The third-order valence-corrected chi connectivity index (χ3v) is 6.22. The van der Waals surface area contributed by atoms with E-state index in [-0.39, 0.29) is 29.8 Å². The molecule has 2 amide bonds. The number of hydrogen-bond acceptors (Lipinski definition) is 6. The molecule has 2 heterocycles. The second-order valence-electron chi connectivity index (χ2n) is 7.22. The van der Waals surface area contributed by atoms with Crippen LogP contribution in [0.15, 0.2) is 36.7 Å². The summed E-state index contributed by atoms with van der Waals surface area (Å²) in [5.74, 6) is -1.17. The Morgan fingerprint density at radius 3 is 2.74 bits per heavy atom. The van der Waals surface area contributed by atoms with Crippen molar-refractivity contribution in [1.82, 2.24) is 20.6 Å². The van der Waals surface area contributed by atoms with Crippen molar-refractivity contribution >= 4 is 23.2 Å². The summed E-state index contributed by atoms with van der Waals surface area (Å²) in [7, 11) is 0. The number of carbonyl (C=O) groups excluding carboxylic acids is 2. The standard InChI is InChI=1S/C22H18FN5O2S/c1-12-6-13(2-3-16(12)23)10-25-21(29)18-8-19(27-11-26-18)22(30)28-17-4-5-20-15(17)7-14(9-24)31-20/h2-3,6-8,11,17H,4-5,10H2,1H3,(H,25,29)(H,28,30)/t17-/m1/s1. The van der Waals surface area contributed by atoms with Crippen molar-refractivity contribution in [2.75, 3.05) is 0 Å². The van der Waals surface area contributed by atoms with Gasteiger partial charge >= 0.3 is 0 Å². The highest BCUT2D eigenvalue weighted by molar-refractivity contribution is 7.12. The van der Waals surface area contributed by atoms with Gasteiger partial charge in [-0.1, -0.05) is 12.1 Å². The van der Waals surface area contributed by atoms with Gasteiger partial charge in [-0.3, -0.25) is 9.59 Å². The predicted molar refractivity (Wildman–Crippen MR) is 112 cm³/mol.